The summed E-state index contributed by atoms with van der Waals surface area (Å²) in [5, 5.41) is 0. The third-order valence-corrected chi connectivity index (χ3v) is 7.35. The summed E-state index contributed by atoms with van der Waals surface area (Å²) in [5.74, 6) is 1.42. The Bertz CT molecular complexity index is 544. The normalized spacial score (nSPS) is 24.0. The molecule has 0 N–H and O–H groups in total. The van der Waals surface area contributed by atoms with Gasteiger partial charge in [0.25, 0.3) is 0 Å². The van der Waals surface area contributed by atoms with Gasteiger partial charge in [0, 0.05) is 27.3 Å². The standard InChI is InChI=1S/C21H37NO3SSi/c1-8-17-12-18(10-9-11-27(5,6)7)19(13-17)14-22(16(2)23)20(15-26-4)21(24)25-3/h8-10,17-20H,1,11-15H2,2-7H3/b10-9+/t17-,18+,19?,20?/m0/s1. The van der Waals surface area contributed by atoms with E-state index in [-0.39, 0.29) is 11.9 Å². The van der Waals surface area contributed by atoms with E-state index >= 15 is 0 Å². The lowest BCUT2D eigenvalue weighted by Crippen LogP contribution is -2.48. The monoisotopic (exact) mass is 411 g/mol. The van der Waals surface area contributed by atoms with Gasteiger partial charge >= 0.3 is 5.97 Å². The van der Waals surface area contributed by atoms with Crippen LogP contribution in [0.25, 0.3) is 0 Å². The van der Waals surface area contributed by atoms with Gasteiger partial charge in [-0.2, -0.15) is 11.8 Å². The Morgan fingerprint density at radius 2 is 2.00 bits per heavy atom. The number of hydrogen-bond donors (Lipinski definition) is 0. The van der Waals surface area contributed by atoms with E-state index in [0.717, 1.165) is 12.8 Å². The zero-order chi connectivity index (χ0) is 20.6. The summed E-state index contributed by atoms with van der Waals surface area (Å²) < 4.78 is 4.96. The predicted octanol–water partition coefficient (Wildman–Crippen LogP) is 4.46. The molecule has 0 aliphatic heterocycles. The molecular formula is C21H37NO3SSi. The van der Waals surface area contributed by atoms with Gasteiger partial charge in [0.05, 0.1) is 7.11 Å². The average Bonchev–Trinajstić information content (AvgIpc) is 2.98. The molecule has 1 amide bonds. The fourth-order valence-electron chi connectivity index (χ4n) is 3.74. The molecule has 154 valence electrons. The van der Waals surface area contributed by atoms with E-state index in [4.69, 9.17) is 4.74 Å². The third-order valence-electron chi connectivity index (χ3n) is 5.24. The number of carbonyl (C=O) groups excluding carboxylic acids is 2. The summed E-state index contributed by atoms with van der Waals surface area (Å²) >= 11 is 1.56. The van der Waals surface area contributed by atoms with E-state index in [2.05, 4.69) is 38.4 Å². The minimum absolute atomic E-state index is 0.0636. The van der Waals surface area contributed by atoms with Crippen LogP contribution in [0, 0.1) is 17.8 Å². The highest BCUT2D eigenvalue weighted by Gasteiger charge is 2.36. The molecule has 0 saturated heterocycles. The Kier molecular flexibility index (Phi) is 9.88. The van der Waals surface area contributed by atoms with Crippen LogP contribution in [0.5, 0.6) is 0 Å². The Labute approximate surface area is 170 Å². The maximum Gasteiger partial charge on any atom is 0.329 e. The van der Waals surface area contributed by atoms with Crippen molar-refractivity contribution in [3.63, 3.8) is 0 Å². The van der Waals surface area contributed by atoms with Crippen LogP contribution in [0.3, 0.4) is 0 Å². The smallest absolute Gasteiger partial charge is 0.329 e. The molecule has 0 heterocycles. The number of thioether (sulfide) groups is 1. The highest BCUT2D eigenvalue weighted by Crippen LogP contribution is 2.39. The molecule has 2 unspecified atom stereocenters. The van der Waals surface area contributed by atoms with Gasteiger partial charge in [0.2, 0.25) is 5.91 Å². The molecule has 1 rings (SSSR count). The second kappa shape index (κ2) is 11.1. The molecule has 0 aromatic rings. The molecular weight excluding hydrogens is 374 g/mol. The van der Waals surface area contributed by atoms with E-state index < -0.39 is 14.1 Å². The highest BCUT2D eigenvalue weighted by molar-refractivity contribution is 7.98. The molecule has 0 aromatic carbocycles. The van der Waals surface area contributed by atoms with Crippen molar-refractivity contribution >= 4 is 31.7 Å². The fraction of sp³-hybridized carbons (Fsp3) is 0.714. The molecule has 6 heteroatoms. The maximum absolute atomic E-state index is 12.3. The first kappa shape index (κ1) is 24.0. The van der Waals surface area contributed by atoms with Crippen molar-refractivity contribution in [1.29, 1.82) is 0 Å². The van der Waals surface area contributed by atoms with Crippen LogP contribution in [-0.2, 0) is 14.3 Å². The number of allylic oxidation sites excluding steroid dienone is 3. The van der Waals surface area contributed by atoms with Crippen molar-refractivity contribution in [3.05, 3.63) is 24.8 Å². The molecule has 0 spiro atoms. The van der Waals surface area contributed by atoms with Crippen LogP contribution in [-0.4, -0.2) is 56.6 Å². The van der Waals surface area contributed by atoms with Gasteiger partial charge in [0.1, 0.15) is 6.04 Å². The first-order chi connectivity index (χ1) is 12.6. The fourth-order valence-corrected chi connectivity index (χ4v) is 5.22. The number of carbonyl (C=O) groups is 2. The SMILES string of the molecule is C=C[C@@H]1CC(CN(C(C)=O)C(CSC)C(=O)OC)[C@H](/C=C/C[Si](C)(C)C)C1. The number of ether oxygens (including phenoxy) is 1. The lowest BCUT2D eigenvalue weighted by molar-refractivity contribution is -0.151. The minimum atomic E-state index is -1.11. The summed E-state index contributed by atoms with van der Waals surface area (Å²) in [7, 11) is 0.278. The lowest BCUT2D eigenvalue weighted by atomic mass is 9.94. The Morgan fingerprint density at radius 3 is 2.48 bits per heavy atom. The number of amides is 1. The van der Waals surface area contributed by atoms with Crippen LogP contribution in [0.1, 0.15) is 19.8 Å². The molecule has 27 heavy (non-hydrogen) atoms. The van der Waals surface area contributed by atoms with E-state index in [1.54, 1.807) is 23.6 Å². The van der Waals surface area contributed by atoms with Crippen LogP contribution in [0.4, 0.5) is 0 Å². The molecule has 0 bridgehead atoms. The number of esters is 1. The molecule has 1 saturated carbocycles. The molecule has 4 nitrogen and oxygen atoms in total. The number of nitrogens with zero attached hydrogens (tertiary/aromatic N) is 1. The van der Waals surface area contributed by atoms with Crippen molar-refractivity contribution in [2.75, 3.05) is 25.7 Å². The van der Waals surface area contributed by atoms with E-state index in [1.807, 2.05) is 12.3 Å². The van der Waals surface area contributed by atoms with Crippen molar-refractivity contribution in [2.24, 2.45) is 17.8 Å². The number of rotatable bonds is 10. The van der Waals surface area contributed by atoms with Gasteiger partial charge in [0.15, 0.2) is 0 Å². The average molecular weight is 412 g/mol. The van der Waals surface area contributed by atoms with Crippen molar-refractivity contribution in [2.45, 2.75) is 51.5 Å². The zero-order valence-corrected chi connectivity index (χ0v) is 19.7. The molecule has 1 aliphatic carbocycles. The predicted molar refractivity (Wildman–Crippen MR) is 119 cm³/mol. The molecule has 1 fully saturated rings. The van der Waals surface area contributed by atoms with E-state index in [9.17, 15) is 9.59 Å². The third kappa shape index (κ3) is 7.86. The molecule has 4 atom stereocenters. The highest BCUT2D eigenvalue weighted by atomic mass is 32.2. The first-order valence-electron chi connectivity index (χ1n) is 9.76. The lowest BCUT2D eigenvalue weighted by Gasteiger charge is -2.32. The van der Waals surface area contributed by atoms with Gasteiger partial charge < -0.3 is 9.64 Å². The van der Waals surface area contributed by atoms with Gasteiger partial charge in [-0.1, -0.05) is 37.9 Å². The van der Waals surface area contributed by atoms with Gasteiger partial charge in [-0.05, 0) is 42.9 Å². The second-order valence-electron chi connectivity index (χ2n) is 8.75. The summed E-state index contributed by atoms with van der Waals surface area (Å²) in [6.07, 6.45) is 10.8. The Balaban J connectivity index is 2.96. The maximum atomic E-state index is 12.3. The quantitative estimate of drug-likeness (QED) is 0.302. The first-order valence-corrected chi connectivity index (χ1v) is 14.9. The largest absolute Gasteiger partial charge is 0.467 e. The molecule has 0 aromatic heterocycles. The second-order valence-corrected chi connectivity index (χ2v) is 15.2. The molecule has 0 radical (unpaired) electrons. The van der Waals surface area contributed by atoms with E-state index in [0.29, 0.717) is 30.1 Å². The van der Waals surface area contributed by atoms with Gasteiger partial charge in [-0.15, -0.1) is 6.58 Å². The van der Waals surface area contributed by atoms with Gasteiger partial charge in [-0.25, -0.2) is 4.79 Å². The van der Waals surface area contributed by atoms with Crippen LogP contribution < -0.4 is 0 Å². The summed E-state index contributed by atoms with van der Waals surface area (Å²) in [4.78, 5) is 26.3. The van der Waals surface area contributed by atoms with Crippen LogP contribution >= 0.6 is 11.8 Å². The van der Waals surface area contributed by atoms with Crippen LogP contribution in [0.2, 0.25) is 25.7 Å². The van der Waals surface area contributed by atoms with Crippen LogP contribution in [0.15, 0.2) is 24.8 Å². The summed E-state index contributed by atoms with van der Waals surface area (Å²) in [6.45, 7) is 13.2. The van der Waals surface area contributed by atoms with Crippen molar-refractivity contribution in [1.82, 2.24) is 4.90 Å². The topological polar surface area (TPSA) is 46.6 Å². The Morgan fingerprint density at radius 1 is 1.33 bits per heavy atom. The minimum Gasteiger partial charge on any atom is -0.467 e. The number of methoxy groups -OCH3 is 1. The Hall–Kier alpha value is -1.01. The summed E-state index contributed by atoms with van der Waals surface area (Å²) in [6, 6.07) is 0.653. The van der Waals surface area contributed by atoms with E-state index in [1.165, 1.54) is 13.2 Å². The number of hydrogen-bond acceptors (Lipinski definition) is 4. The zero-order valence-electron chi connectivity index (χ0n) is 17.9. The molecule has 1 aliphatic rings. The van der Waals surface area contributed by atoms with Crippen molar-refractivity contribution in [3.8, 4) is 0 Å². The van der Waals surface area contributed by atoms with Crippen molar-refractivity contribution < 1.29 is 14.3 Å². The summed E-state index contributed by atoms with van der Waals surface area (Å²) in [5.41, 5.74) is 0. The van der Waals surface area contributed by atoms with Gasteiger partial charge in [-0.3, -0.25) is 4.79 Å².